The normalized spacial score (nSPS) is 11.4. The summed E-state index contributed by atoms with van der Waals surface area (Å²) in [6.07, 6.45) is 3.35. The van der Waals surface area contributed by atoms with Gasteiger partial charge in [-0.2, -0.15) is 0 Å². The van der Waals surface area contributed by atoms with Gasteiger partial charge in [-0.1, -0.05) is 0 Å². The molecule has 0 amide bonds. The van der Waals surface area contributed by atoms with Gasteiger partial charge in [-0.15, -0.1) is 0 Å². The monoisotopic (exact) mass is 294 g/mol. The number of aromatic carboxylic acids is 1. The van der Waals surface area contributed by atoms with Gasteiger partial charge in [0.2, 0.25) is 0 Å². The second kappa shape index (κ2) is 5.46. The summed E-state index contributed by atoms with van der Waals surface area (Å²) in [5.74, 6) is -1.14. The molecule has 1 aromatic carbocycles. The van der Waals surface area contributed by atoms with Gasteiger partial charge in [-0.3, -0.25) is 0 Å². The fraction of sp³-hybridized carbons (Fsp3) is 0.231. The molecule has 2 rings (SSSR count). The highest BCUT2D eigenvalue weighted by Crippen LogP contribution is 2.13. The fourth-order valence-corrected chi connectivity index (χ4v) is 2.98. The first kappa shape index (κ1) is 14.3. The van der Waals surface area contributed by atoms with Gasteiger partial charge in [-0.25, -0.2) is 18.2 Å². The van der Waals surface area contributed by atoms with E-state index in [1.165, 1.54) is 24.3 Å². The van der Waals surface area contributed by atoms with E-state index in [4.69, 9.17) is 5.11 Å². The molecule has 6 nitrogen and oxygen atoms in total. The molecule has 0 unspecified atom stereocenters. The number of hydrogen-bond acceptors (Lipinski definition) is 4. The number of benzene rings is 1. The topological polar surface area (TPSA) is 89.3 Å². The average Bonchev–Trinajstić information content (AvgIpc) is 2.82. The van der Waals surface area contributed by atoms with Gasteiger partial charge in [0.05, 0.1) is 28.2 Å². The Balaban J connectivity index is 2.11. The summed E-state index contributed by atoms with van der Waals surface area (Å²) in [5, 5.41) is 8.77. The van der Waals surface area contributed by atoms with Crippen molar-refractivity contribution in [1.82, 2.24) is 9.55 Å². The van der Waals surface area contributed by atoms with Crippen LogP contribution in [0, 0.1) is 6.92 Å². The van der Waals surface area contributed by atoms with Gasteiger partial charge in [0, 0.05) is 12.7 Å². The smallest absolute Gasteiger partial charge is 0.335 e. The third-order valence-corrected chi connectivity index (χ3v) is 4.55. The van der Waals surface area contributed by atoms with E-state index in [0.29, 0.717) is 6.54 Å². The molecule has 0 radical (unpaired) electrons. The van der Waals surface area contributed by atoms with E-state index in [0.717, 1.165) is 5.69 Å². The SMILES string of the molecule is Cc1cn(CCS(=O)(=O)c2ccc(C(=O)O)cc2)cn1. The Labute approximate surface area is 116 Å². The molecule has 1 heterocycles. The third-order valence-electron chi connectivity index (χ3n) is 2.84. The Morgan fingerprint density at radius 2 is 1.95 bits per heavy atom. The van der Waals surface area contributed by atoms with Gasteiger partial charge in [-0.05, 0) is 31.2 Å². The predicted octanol–water partition coefficient (Wildman–Crippen LogP) is 1.36. The lowest BCUT2D eigenvalue weighted by Gasteiger charge is -2.05. The Morgan fingerprint density at radius 3 is 2.45 bits per heavy atom. The zero-order valence-corrected chi connectivity index (χ0v) is 11.7. The quantitative estimate of drug-likeness (QED) is 0.899. The Kier molecular flexibility index (Phi) is 3.89. The van der Waals surface area contributed by atoms with E-state index in [2.05, 4.69) is 4.98 Å². The molecule has 0 saturated heterocycles. The lowest BCUT2D eigenvalue weighted by Crippen LogP contribution is -2.12. The van der Waals surface area contributed by atoms with Crippen LogP contribution in [0.1, 0.15) is 16.1 Å². The van der Waals surface area contributed by atoms with Crippen molar-refractivity contribution in [2.24, 2.45) is 0 Å². The molecule has 0 aliphatic heterocycles. The van der Waals surface area contributed by atoms with E-state index >= 15 is 0 Å². The molecular weight excluding hydrogens is 280 g/mol. The Bertz CT molecular complexity index is 717. The largest absolute Gasteiger partial charge is 0.478 e. The number of aryl methyl sites for hydroxylation is 2. The maximum absolute atomic E-state index is 12.1. The van der Waals surface area contributed by atoms with E-state index in [-0.39, 0.29) is 16.2 Å². The van der Waals surface area contributed by atoms with E-state index in [9.17, 15) is 13.2 Å². The van der Waals surface area contributed by atoms with Crippen LogP contribution in [0.25, 0.3) is 0 Å². The van der Waals surface area contributed by atoms with Crippen LogP contribution in [0.2, 0.25) is 0 Å². The summed E-state index contributed by atoms with van der Waals surface area (Å²) in [6.45, 7) is 2.14. The van der Waals surface area contributed by atoms with Crippen LogP contribution < -0.4 is 0 Å². The number of carboxylic acids is 1. The first-order chi connectivity index (χ1) is 9.38. The lowest BCUT2D eigenvalue weighted by atomic mass is 10.2. The maximum Gasteiger partial charge on any atom is 0.335 e. The Hall–Kier alpha value is -2.15. The average molecular weight is 294 g/mol. The molecule has 1 aromatic heterocycles. The molecule has 0 spiro atoms. The first-order valence-corrected chi connectivity index (χ1v) is 7.58. The molecule has 0 aliphatic rings. The second-order valence-electron chi connectivity index (χ2n) is 4.40. The van der Waals surface area contributed by atoms with Gasteiger partial charge in [0.25, 0.3) is 0 Å². The highest BCUT2D eigenvalue weighted by molar-refractivity contribution is 7.91. The van der Waals surface area contributed by atoms with Crippen LogP contribution in [0.5, 0.6) is 0 Å². The molecule has 0 bridgehead atoms. The zero-order chi connectivity index (χ0) is 14.8. The third kappa shape index (κ3) is 3.24. The van der Waals surface area contributed by atoms with Crippen LogP contribution >= 0.6 is 0 Å². The number of hydrogen-bond donors (Lipinski definition) is 1. The number of carbonyl (C=O) groups is 1. The number of nitrogens with zero attached hydrogens (tertiary/aromatic N) is 2. The van der Waals surface area contributed by atoms with Crippen molar-refractivity contribution < 1.29 is 18.3 Å². The summed E-state index contributed by atoms with van der Waals surface area (Å²) >= 11 is 0. The van der Waals surface area contributed by atoms with Crippen LogP contribution in [0.3, 0.4) is 0 Å². The molecule has 0 saturated carbocycles. The van der Waals surface area contributed by atoms with Crippen molar-refractivity contribution >= 4 is 15.8 Å². The van der Waals surface area contributed by atoms with Gasteiger partial charge in [0.1, 0.15) is 0 Å². The summed E-state index contributed by atoms with van der Waals surface area (Å²) < 4.78 is 25.9. The molecule has 7 heteroatoms. The lowest BCUT2D eigenvalue weighted by molar-refractivity contribution is 0.0696. The number of aromatic nitrogens is 2. The number of rotatable bonds is 5. The first-order valence-electron chi connectivity index (χ1n) is 5.93. The van der Waals surface area contributed by atoms with Crippen molar-refractivity contribution in [3.05, 3.63) is 48.0 Å². The van der Waals surface area contributed by atoms with Crippen LogP contribution in [-0.4, -0.2) is 34.8 Å². The minimum atomic E-state index is -3.43. The summed E-state index contributed by atoms with van der Waals surface area (Å²) in [5.41, 5.74) is 0.891. The summed E-state index contributed by atoms with van der Waals surface area (Å²) in [4.78, 5) is 14.9. The molecule has 0 aliphatic carbocycles. The number of imidazole rings is 1. The molecule has 2 aromatic rings. The van der Waals surface area contributed by atoms with Crippen molar-refractivity contribution in [3.63, 3.8) is 0 Å². The van der Waals surface area contributed by atoms with Crippen molar-refractivity contribution in [2.45, 2.75) is 18.4 Å². The second-order valence-corrected chi connectivity index (χ2v) is 6.51. The number of sulfone groups is 1. The highest BCUT2D eigenvalue weighted by atomic mass is 32.2. The minimum absolute atomic E-state index is 0.0603. The standard InChI is InChI=1S/C13H14N2O4S/c1-10-8-15(9-14-10)6-7-20(18,19)12-4-2-11(3-5-12)13(16)17/h2-5,8-9H,6-7H2,1H3,(H,16,17). The maximum atomic E-state index is 12.1. The van der Waals surface area contributed by atoms with Crippen LogP contribution in [0.4, 0.5) is 0 Å². The molecular formula is C13H14N2O4S. The van der Waals surface area contributed by atoms with Crippen molar-refractivity contribution in [1.29, 1.82) is 0 Å². The van der Waals surface area contributed by atoms with Gasteiger partial charge in [0.15, 0.2) is 9.84 Å². The van der Waals surface area contributed by atoms with Crippen molar-refractivity contribution in [3.8, 4) is 0 Å². The zero-order valence-electron chi connectivity index (χ0n) is 10.9. The highest BCUT2D eigenvalue weighted by Gasteiger charge is 2.15. The summed E-state index contributed by atoms with van der Waals surface area (Å²) in [7, 11) is -3.43. The molecule has 0 fully saturated rings. The van der Waals surface area contributed by atoms with Crippen molar-refractivity contribution in [2.75, 3.05) is 5.75 Å². The van der Waals surface area contributed by atoms with E-state index < -0.39 is 15.8 Å². The van der Waals surface area contributed by atoms with Gasteiger partial charge >= 0.3 is 5.97 Å². The minimum Gasteiger partial charge on any atom is -0.478 e. The number of carboxylic acid groups (broad SMARTS) is 1. The van der Waals surface area contributed by atoms with Gasteiger partial charge < -0.3 is 9.67 Å². The predicted molar refractivity (Wildman–Crippen MR) is 72.4 cm³/mol. The van der Waals surface area contributed by atoms with Crippen LogP contribution in [-0.2, 0) is 16.4 Å². The Morgan fingerprint density at radius 1 is 1.30 bits per heavy atom. The molecule has 20 heavy (non-hydrogen) atoms. The molecule has 1 N–H and O–H groups in total. The summed E-state index contributed by atoms with van der Waals surface area (Å²) in [6, 6.07) is 5.21. The molecule has 106 valence electrons. The van der Waals surface area contributed by atoms with E-state index in [1.54, 1.807) is 17.1 Å². The molecule has 0 atom stereocenters. The van der Waals surface area contributed by atoms with E-state index in [1.807, 2.05) is 6.92 Å². The fourth-order valence-electron chi connectivity index (χ4n) is 1.74. The van der Waals surface area contributed by atoms with Crippen LogP contribution in [0.15, 0.2) is 41.7 Å².